The van der Waals surface area contributed by atoms with E-state index in [1.54, 1.807) is 0 Å². The Morgan fingerprint density at radius 3 is 2.48 bits per heavy atom. The largest absolute Gasteiger partial charge is 0.357 e. The van der Waals surface area contributed by atoms with Crippen molar-refractivity contribution in [3.8, 4) is 0 Å². The second-order valence-electron chi connectivity index (χ2n) is 6.78. The number of amides is 1. The highest BCUT2D eigenvalue weighted by Gasteiger charge is 2.25. The Morgan fingerprint density at radius 2 is 1.88 bits per heavy atom. The predicted molar refractivity (Wildman–Crippen MR) is 106 cm³/mol. The van der Waals surface area contributed by atoms with Crippen LogP contribution in [0.25, 0.3) is 0 Å². The van der Waals surface area contributed by atoms with Crippen LogP contribution in [0.3, 0.4) is 0 Å². The maximum Gasteiger partial charge on any atom is 0.222 e. The minimum atomic E-state index is 0.248. The molecule has 1 unspecified atom stereocenters. The highest BCUT2D eigenvalue weighted by Crippen LogP contribution is 2.10. The number of aliphatic imine (C=N–C) groups is 1. The standard InChI is InChI=1S/C19H39N5O/c1-5-12-23(13-6-2)14-9-11-21-19(20-8-4)22-17-10-15-24(16-17)18(25)7-3/h17H,5-16H2,1-4H3,(H2,20,21,22). The summed E-state index contributed by atoms with van der Waals surface area (Å²) in [6, 6.07) is 0.310. The van der Waals surface area contributed by atoms with Gasteiger partial charge in [-0.3, -0.25) is 9.79 Å². The van der Waals surface area contributed by atoms with Crippen LogP contribution in [0.15, 0.2) is 4.99 Å². The van der Waals surface area contributed by atoms with Gasteiger partial charge in [0.15, 0.2) is 5.96 Å². The molecule has 1 rings (SSSR count). The van der Waals surface area contributed by atoms with Crippen LogP contribution in [0, 0.1) is 0 Å². The summed E-state index contributed by atoms with van der Waals surface area (Å²) >= 11 is 0. The van der Waals surface area contributed by atoms with Crippen LogP contribution in [-0.4, -0.2) is 73.5 Å². The van der Waals surface area contributed by atoms with E-state index in [-0.39, 0.29) is 5.91 Å². The quantitative estimate of drug-likeness (QED) is 0.339. The number of rotatable bonds is 11. The van der Waals surface area contributed by atoms with Gasteiger partial charge in [-0.1, -0.05) is 20.8 Å². The number of guanidine groups is 1. The molecule has 0 saturated carbocycles. The molecular formula is C19H39N5O. The van der Waals surface area contributed by atoms with Gasteiger partial charge in [0.1, 0.15) is 0 Å². The number of nitrogens with one attached hydrogen (secondary N) is 2. The Kier molecular flexibility index (Phi) is 11.3. The van der Waals surface area contributed by atoms with Crippen LogP contribution in [0.4, 0.5) is 0 Å². The first-order valence-electron chi connectivity index (χ1n) is 10.2. The van der Waals surface area contributed by atoms with Crippen molar-refractivity contribution in [3.05, 3.63) is 0 Å². The fraction of sp³-hybridized carbons (Fsp3) is 0.895. The number of nitrogens with zero attached hydrogens (tertiary/aromatic N) is 3. The van der Waals surface area contributed by atoms with Gasteiger partial charge in [-0.05, 0) is 52.2 Å². The molecule has 1 aliphatic rings. The maximum atomic E-state index is 11.8. The molecule has 1 atom stereocenters. The summed E-state index contributed by atoms with van der Waals surface area (Å²) in [5.41, 5.74) is 0. The molecule has 146 valence electrons. The number of hydrogen-bond acceptors (Lipinski definition) is 3. The molecule has 1 fully saturated rings. The summed E-state index contributed by atoms with van der Waals surface area (Å²) in [5, 5.41) is 6.82. The van der Waals surface area contributed by atoms with Gasteiger partial charge in [-0.25, -0.2) is 0 Å². The molecule has 0 spiro atoms. The summed E-state index contributed by atoms with van der Waals surface area (Å²) < 4.78 is 0. The molecule has 1 amide bonds. The van der Waals surface area contributed by atoms with E-state index in [0.717, 1.165) is 51.5 Å². The molecule has 0 aromatic carbocycles. The zero-order valence-corrected chi connectivity index (χ0v) is 16.8. The van der Waals surface area contributed by atoms with Crippen molar-refractivity contribution in [1.82, 2.24) is 20.4 Å². The molecule has 25 heavy (non-hydrogen) atoms. The number of likely N-dealkylation sites (tertiary alicyclic amines) is 1. The lowest BCUT2D eigenvalue weighted by atomic mass is 10.3. The SMILES string of the molecule is CCCN(CCC)CCCN=C(NCC)NC1CCN(C(=O)CC)C1. The molecule has 6 heteroatoms. The molecule has 1 aliphatic heterocycles. The van der Waals surface area contributed by atoms with Crippen LogP contribution in [0.5, 0.6) is 0 Å². The van der Waals surface area contributed by atoms with Crippen molar-refractivity contribution in [3.63, 3.8) is 0 Å². The molecule has 0 aromatic rings. The van der Waals surface area contributed by atoms with Crippen molar-refractivity contribution in [2.24, 2.45) is 4.99 Å². The average molecular weight is 354 g/mol. The van der Waals surface area contributed by atoms with Gasteiger partial charge >= 0.3 is 0 Å². The molecule has 0 bridgehead atoms. The van der Waals surface area contributed by atoms with E-state index in [1.165, 1.54) is 25.9 Å². The van der Waals surface area contributed by atoms with Gasteiger partial charge in [-0.2, -0.15) is 0 Å². The van der Waals surface area contributed by atoms with Gasteiger partial charge in [0, 0.05) is 38.6 Å². The first-order chi connectivity index (χ1) is 12.1. The topological polar surface area (TPSA) is 60.0 Å². The van der Waals surface area contributed by atoms with Gasteiger partial charge < -0.3 is 20.4 Å². The first kappa shape index (κ1) is 21.7. The fourth-order valence-corrected chi connectivity index (χ4v) is 3.29. The number of hydrogen-bond donors (Lipinski definition) is 2. The predicted octanol–water partition coefficient (Wildman–Crippen LogP) is 2.06. The van der Waals surface area contributed by atoms with E-state index in [1.807, 2.05) is 11.8 Å². The molecule has 1 saturated heterocycles. The zero-order chi connectivity index (χ0) is 18.5. The lowest BCUT2D eigenvalue weighted by Crippen LogP contribution is -2.45. The molecule has 0 aliphatic carbocycles. The Labute approximate surface area is 154 Å². The molecule has 1 heterocycles. The summed E-state index contributed by atoms with van der Waals surface area (Å²) in [4.78, 5) is 21.0. The smallest absolute Gasteiger partial charge is 0.222 e. The Morgan fingerprint density at radius 1 is 1.16 bits per heavy atom. The van der Waals surface area contributed by atoms with E-state index in [0.29, 0.717) is 12.5 Å². The Bertz CT molecular complexity index is 393. The summed E-state index contributed by atoms with van der Waals surface area (Å²) in [6.45, 7) is 15.3. The summed E-state index contributed by atoms with van der Waals surface area (Å²) in [7, 11) is 0. The maximum absolute atomic E-state index is 11.8. The number of carbonyl (C=O) groups is 1. The highest BCUT2D eigenvalue weighted by atomic mass is 16.2. The van der Waals surface area contributed by atoms with Crippen molar-refractivity contribution in [1.29, 1.82) is 0 Å². The lowest BCUT2D eigenvalue weighted by molar-refractivity contribution is -0.129. The van der Waals surface area contributed by atoms with Gasteiger partial charge in [0.05, 0.1) is 0 Å². The summed E-state index contributed by atoms with van der Waals surface area (Å²) in [6.07, 6.45) is 5.09. The zero-order valence-electron chi connectivity index (χ0n) is 16.8. The monoisotopic (exact) mass is 353 g/mol. The van der Waals surface area contributed by atoms with Crippen molar-refractivity contribution in [2.75, 3.05) is 45.8 Å². The van der Waals surface area contributed by atoms with Crippen LogP contribution in [-0.2, 0) is 4.79 Å². The Hall–Kier alpha value is -1.30. The van der Waals surface area contributed by atoms with Crippen molar-refractivity contribution in [2.45, 2.75) is 65.8 Å². The normalized spacial score (nSPS) is 18.0. The van der Waals surface area contributed by atoms with Crippen LogP contribution >= 0.6 is 0 Å². The highest BCUT2D eigenvalue weighted by molar-refractivity contribution is 5.80. The molecular weight excluding hydrogens is 314 g/mol. The third-order valence-electron chi connectivity index (χ3n) is 4.51. The molecule has 6 nitrogen and oxygen atoms in total. The minimum absolute atomic E-state index is 0.248. The van der Waals surface area contributed by atoms with Crippen LogP contribution in [0.2, 0.25) is 0 Å². The minimum Gasteiger partial charge on any atom is -0.357 e. The lowest BCUT2D eigenvalue weighted by Gasteiger charge is -2.21. The third kappa shape index (κ3) is 8.56. The molecule has 0 radical (unpaired) electrons. The van der Waals surface area contributed by atoms with Gasteiger partial charge in [0.25, 0.3) is 0 Å². The van der Waals surface area contributed by atoms with Crippen LogP contribution < -0.4 is 10.6 Å². The van der Waals surface area contributed by atoms with Crippen molar-refractivity contribution < 1.29 is 4.79 Å². The van der Waals surface area contributed by atoms with Gasteiger partial charge in [-0.15, -0.1) is 0 Å². The van der Waals surface area contributed by atoms with E-state index in [4.69, 9.17) is 4.99 Å². The van der Waals surface area contributed by atoms with E-state index >= 15 is 0 Å². The first-order valence-corrected chi connectivity index (χ1v) is 10.2. The van der Waals surface area contributed by atoms with E-state index in [2.05, 4.69) is 36.3 Å². The Balaban J connectivity index is 2.40. The summed E-state index contributed by atoms with van der Waals surface area (Å²) in [5.74, 6) is 1.13. The van der Waals surface area contributed by atoms with E-state index in [9.17, 15) is 4.79 Å². The second kappa shape index (κ2) is 13.0. The molecule has 2 N–H and O–H groups in total. The number of carbonyl (C=O) groups excluding carboxylic acids is 1. The second-order valence-corrected chi connectivity index (χ2v) is 6.78. The third-order valence-corrected chi connectivity index (χ3v) is 4.51. The van der Waals surface area contributed by atoms with Crippen molar-refractivity contribution >= 4 is 11.9 Å². The van der Waals surface area contributed by atoms with Crippen LogP contribution in [0.1, 0.15) is 59.8 Å². The van der Waals surface area contributed by atoms with Gasteiger partial charge in [0.2, 0.25) is 5.91 Å². The molecule has 0 aromatic heterocycles. The average Bonchev–Trinajstić information content (AvgIpc) is 3.07. The van der Waals surface area contributed by atoms with E-state index < -0.39 is 0 Å². The fourth-order valence-electron chi connectivity index (χ4n) is 3.29.